The summed E-state index contributed by atoms with van der Waals surface area (Å²) in [5.74, 6) is 0. The SMILES string of the molecule is CC1(C)c2cc(-c3ccccc3-c3ccccc3)c3c(oc4ccccc43)c2-c2ccc3c(c21)C(C)(C)c1cc(-c2ccccc2-c2ccccc2)c2oc4ccccc4c2c1-3. The van der Waals surface area contributed by atoms with Gasteiger partial charge >= 0.3 is 0 Å². The van der Waals surface area contributed by atoms with Gasteiger partial charge in [0.25, 0.3) is 0 Å². The van der Waals surface area contributed by atoms with E-state index in [1.54, 1.807) is 0 Å². The van der Waals surface area contributed by atoms with Gasteiger partial charge in [-0.05, 0) is 102 Å². The predicted octanol–water partition coefficient (Wildman–Crippen LogP) is 16.8. The summed E-state index contributed by atoms with van der Waals surface area (Å²) in [5, 5.41) is 4.65. The van der Waals surface area contributed by atoms with Crippen LogP contribution in [0.3, 0.4) is 0 Å². The fourth-order valence-electron chi connectivity index (χ4n) is 11.5. The lowest BCUT2D eigenvalue weighted by atomic mass is 9.72. The second-order valence-corrected chi connectivity index (χ2v) is 18.3. The molecule has 0 atom stereocenters. The quantitative estimate of drug-likeness (QED) is 0.177. The van der Waals surface area contributed by atoms with Crippen LogP contribution >= 0.6 is 0 Å². The molecule has 9 aromatic carbocycles. The van der Waals surface area contributed by atoms with Gasteiger partial charge in [-0.1, -0.05) is 185 Å². The van der Waals surface area contributed by atoms with Crippen LogP contribution in [0.5, 0.6) is 0 Å². The van der Waals surface area contributed by atoms with Crippen molar-refractivity contribution in [1.29, 1.82) is 0 Å². The van der Waals surface area contributed by atoms with Crippen LogP contribution in [0.2, 0.25) is 0 Å². The maximum Gasteiger partial charge on any atom is 0.144 e. The van der Waals surface area contributed by atoms with Gasteiger partial charge in [-0.15, -0.1) is 0 Å². The zero-order chi connectivity index (χ0) is 41.5. The third kappa shape index (κ3) is 4.64. The maximum atomic E-state index is 7.08. The first-order valence-corrected chi connectivity index (χ1v) is 21.8. The highest BCUT2D eigenvalue weighted by atomic mass is 16.3. The van der Waals surface area contributed by atoms with Crippen molar-refractivity contribution >= 4 is 43.9 Å². The minimum Gasteiger partial charge on any atom is -0.455 e. The third-order valence-corrected chi connectivity index (χ3v) is 14.2. The molecule has 2 aliphatic carbocycles. The largest absolute Gasteiger partial charge is 0.455 e. The number of rotatable bonds is 4. The molecule has 0 bridgehead atoms. The molecule has 0 saturated heterocycles. The number of hydrogen-bond acceptors (Lipinski definition) is 2. The van der Waals surface area contributed by atoms with E-state index >= 15 is 0 Å². The van der Waals surface area contributed by atoms with Gasteiger partial charge in [0.1, 0.15) is 22.3 Å². The van der Waals surface area contributed by atoms with Crippen molar-refractivity contribution in [2.45, 2.75) is 38.5 Å². The van der Waals surface area contributed by atoms with Crippen LogP contribution in [0.1, 0.15) is 49.9 Å². The van der Waals surface area contributed by atoms with Crippen molar-refractivity contribution in [3.05, 3.63) is 204 Å². The first kappa shape index (κ1) is 35.3. The van der Waals surface area contributed by atoms with E-state index < -0.39 is 0 Å². The molecule has 11 aromatic rings. The summed E-state index contributed by atoms with van der Waals surface area (Å²) in [7, 11) is 0. The molecule has 0 N–H and O–H groups in total. The second-order valence-electron chi connectivity index (χ2n) is 18.3. The summed E-state index contributed by atoms with van der Waals surface area (Å²) in [4.78, 5) is 0. The molecule has 0 amide bonds. The maximum absolute atomic E-state index is 7.08. The molecule has 0 aliphatic heterocycles. The molecule has 0 radical (unpaired) electrons. The van der Waals surface area contributed by atoms with Crippen molar-refractivity contribution in [2.24, 2.45) is 0 Å². The third-order valence-electron chi connectivity index (χ3n) is 14.2. The molecule has 0 unspecified atom stereocenters. The molecule has 294 valence electrons. The van der Waals surface area contributed by atoms with E-state index in [-0.39, 0.29) is 10.8 Å². The molecule has 2 aromatic heterocycles. The summed E-state index contributed by atoms with van der Waals surface area (Å²) in [6, 6.07) is 66.0. The molecule has 2 heterocycles. The Hall–Kier alpha value is -7.42. The van der Waals surface area contributed by atoms with Crippen LogP contribution in [0.15, 0.2) is 191 Å². The first-order chi connectivity index (χ1) is 30.3. The molecule has 2 nitrogen and oxygen atoms in total. The lowest BCUT2D eigenvalue weighted by molar-refractivity contribution is 0.601. The number of benzene rings is 9. The number of para-hydroxylation sites is 2. The molecule has 62 heavy (non-hydrogen) atoms. The van der Waals surface area contributed by atoms with Crippen molar-refractivity contribution in [3.63, 3.8) is 0 Å². The van der Waals surface area contributed by atoms with Crippen LogP contribution in [0, 0.1) is 0 Å². The average Bonchev–Trinajstić information content (AvgIpc) is 4.02. The van der Waals surface area contributed by atoms with Gasteiger partial charge < -0.3 is 8.83 Å². The molecule has 13 rings (SSSR count). The zero-order valence-corrected chi connectivity index (χ0v) is 35.1. The average molecular weight is 795 g/mol. The van der Waals surface area contributed by atoms with Crippen molar-refractivity contribution in [1.82, 2.24) is 0 Å². The minimum absolute atomic E-state index is 0.339. The predicted molar refractivity (Wildman–Crippen MR) is 258 cm³/mol. The topological polar surface area (TPSA) is 26.3 Å². The lowest BCUT2D eigenvalue weighted by Crippen LogP contribution is -2.24. The Labute approximate surface area is 360 Å². The van der Waals surface area contributed by atoms with E-state index in [0.717, 1.165) is 38.7 Å². The summed E-state index contributed by atoms with van der Waals surface area (Å²) >= 11 is 0. The summed E-state index contributed by atoms with van der Waals surface area (Å²) < 4.78 is 14.1. The highest BCUT2D eigenvalue weighted by Crippen LogP contribution is 2.63. The van der Waals surface area contributed by atoms with Crippen molar-refractivity contribution < 1.29 is 8.83 Å². The van der Waals surface area contributed by atoms with Crippen LogP contribution < -0.4 is 0 Å². The monoisotopic (exact) mass is 794 g/mol. The minimum atomic E-state index is -0.348. The van der Waals surface area contributed by atoms with E-state index in [1.807, 2.05) is 0 Å². The van der Waals surface area contributed by atoms with Crippen LogP contribution in [-0.2, 0) is 10.8 Å². The summed E-state index contributed by atoms with van der Waals surface area (Å²) in [5.41, 5.74) is 23.0. The van der Waals surface area contributed by atoms with Gasteiger partial charge in [0.15, 0.2) is 0 Å². The normalized spacial score (nSPS) is 14.4. The number of furan rings is 2. The number of fused-ring (bicyclic) bond motifs is 15. The first-order valence-electron chi connectivity index (χ1n) is 21.8. The van der Waals surface area contributed by atoms with E-state index in [4.69, 9.17) is 8.83 Å². The fraction of sp³-hybridized carbons (Fsp3) is 0.100. The molecule has 0 spiro atoms. The van der Waals surface area contributed by atoms with Crippen molar-refractivity contribution in [2.75, 3.05) is 0 Å². The Morgan fingerprint density at radius 2 is 0.742 bits per heavy atom. The van der Waals surface area contributed by atoms with Crippen LogP contribution in [0.25, 0.3) is 111 Å². The Balaban J connectivity index is 1.10. The van der Waals surface area contributed by atoms with Crippen molar-refractivity contribution in [3.8, 4) is 66.8 Å². The highest BCUT2D eigenvalue weighted by Gasteiger charge is 2.48. The highest BCUT2D eigenvalue weighted by molar-refractivity contribution is 6.21. The molecular formula is C60H42O2. The van der Waals surface area contributed by atoms with Gasteiger partial charge in [-0.2, -0.15) is 0 Å². The summed E-state index contributed by atoms with van der Waals surface area (Å²) in [6.07, 6.45) is 0. The van der Waals surface area contributed by atoms with Gasteiger partial charge in [-0.25, -0.2) is 0 Å². The van der Waals surface area contributed by atoms with Gasteiger partial charge in [0.05, 0.1) is 0 Å². The van der Waals surface area contributed by atoms with Gasteiger partial charge in [0, 0.05) is 43.5 Å². The Morgan fingerprint density at radius 1 is 0.323 bits per heavy atom. The van der Waals surface area contributed by atoms with Crippen LogP contribution in [-0.4, -0.2) is 0 Å². The van der Waals surface area contributed by atoms with Gasteiger partial charge in [0.2, 0.25) is 0 Å². The molecular weight excluding hydrogens is 753 g/mol. The second kappa shape index (κ2) is 12.6. The van der Waals surface area contributed by atoms with Gasteiger partial charge in [-0.3, -0.25) is 0 Å². The fourth-order valence-corrected chi connectivity index (χ4v) is 11.5. The Morgan fingerprint density at radius 3 is 1.32 bits per heavy atom. The molecule has 0 saturated carbocycles. The van der Waals surface area contributed by atoms with E-state index in [9.17, 15) is 0 Å². The zero-order valence-electron chi connectivity index (χ0n) is 35.1. The Kier molecular flexibility index (Phi) is 7.16. The number of hydrogen-bond donors (Lipinski definition) is 0. The molecule has 0 fully saturated rings. The Bertz CT molecular complexity index is 3670. The van der Waals surface area contributed by atoms with E-state index in [1.165, 1.54) is 94.2 Å². The lowest BCUT2D eigenvalue weighted by Gasteiger charge is -2.31. The van der Waals surface area contributed by atoms with E-state index in [0.29, 0.717) is 0 Å². The summed E-state index contributed by atoms with van der Waals surface area (Å²) in [6.45, 7) is 9.75. The van der Waals surface area contributed by atoms with E-state index in [2.05, 4.69) is 210 Å². The molecule has 2 heteroatoms. The standard InChI is InChI=1S/C60H42O2/c1-59(2)47-34-46(40-26-14-12-24-38(40)36-21-9-6-10-22-36)57-54(42-28-16-18-30-50(42)61-57)52(47)43-31-32-44-53-48(60(3,4)56(44)55(43)59)33-45(51-41-27-15-17-29-49(41)62-58(51)53)39-25-13-11-23-37(39)35-19-7-5-8-20-35/h5-34H,1-4H3. The smallest absolute Gasteiger partial charge is 0.144 e. The van der Waals surface area contributed by atoms with Crippen LogP contribution in [0.4, 0.5) is 0 Å². The molecule has 2 aliphatic rings.